The van der Waals surface area contributed by atoms with Crippen LogP contribution in [0.5, 0.6) is 0 Å². The first-order valence-electron chi connectivity index (χ1n) is 9.21. The Kier molecular flexibility index (Phi) is 5.19. The molecule has 6 nitrogen and oxygen atoms in total. The Hall–Kier alpha value is -3.37. The van der Waals surface area contributed by atoms with Crippen molar-refractivity contribution in [2.75, 3.05) is 5.75 Å². The van der Waals surface area contributed by atoms with Gasteiger partial charge in [-0.25, -0.2) is 4.98 Å². The van der Waals surface area contributed by atoms with Gasteiger partial charge in [0.15, 0.2) is 5.16 Å². The maximum absolute atomic E-state index is 12.6. The third-order valence-corrected chi connectivity index (χ3v) is 5.86. The molecule has 2 aromatic carbocycles. The lowest BCUT2D eigenvalue weighted by molar-refractivity contribution is 0.0937. The van der Waals surface area contributed by atoms with Crippen molar-refractivity contribution in [2.45, 2.75) is 24.7 Å². The molecule has 144 valence electrons. The van der Waals surface area contributed by atoms with E-state index in [1.54, 1.807) is 10.6 Å². The van der Waals surface area contributed by atoms with Crippen LogP contribution < -0.4 is 10.9 Å². The van der Waals surface area contributed by atoms with Gasteiger partial charge in [-0.15, -0.1) is 0 Å². The van der Waals surface area contributed by atoms with Crippen LogP contribution in [0.1, 0.15) is 34.5 Å². The van der Waals surface area contributed by atoms with E-state index in [1.807, 2.05) is 49.4 Å². The van der Waals surface area contributed by atoms with Crippen molar-refractivity contribution < 1.29 is 4.79 Å². The van der Waals surface area contributed by atoms with Crippen LogP contribution in [0.2, 0.25) is 0 Å². The lowest BCUT2D eigenvalue weighted by Gasteiger charge is -2.15. The van der Waals surface area contributed by atoms with E-state index in [1.165, 1.54) is 18.0 Å². The number of nitrogens with one attached hydrogen (secondary N) is 1. The van der Waals surface area contributed by atoms with E-state index >= 15 is 0 Å². The molecule has 1 aliphatic heterocycles. The molecule has 2 heterocycles. The standard InChI is InChI=1S/C22H18N4O2S/c1-14(25-20(27)19-13-24-22-26(21(19)28)9-10-29-22)16-5-7-17(8-6-16)18-4-2-3-15(11-18)12-23/h2-8,11,13-14H,9-10H2,1H3,(H,25,27). The minimum absolute atomic E-state index is 0.0630. The molecule has 0 aliphatic carbocycles. The monoisotopic (exact) mass is 402 g/mol. The summed E-state index contributed by atoms with van der Waals surface area (Å²) in [5, 5.41) is 12.6. The summed E-state index contributed by atoms with van der Waals surface area (Å²) >= 11 is 1.52. The van der Waals surface area contributed by atoms with E-state index in [9.17, 15) is 9.59 Å². The minimum Gasteiger partial charge on any atom is -0.345 e. The van der Waals surface area contributed by atoms with Crippen LogP contribution in [0.3, 0.4) is 0 Å². The molecule has 1 amide bonds. The summed E-state index contributed by atoms with van der Waals surface area (Å²) in [6.07, 6.45) is 1.36. The third-order valence-electron chi connectivity index (χ3n) is 4.88. The number of thioether (sulfide) groups is 1. The SMILES string of the molecule is CC(NC(=O)c1cnc2n(c1=O)CCS2)c1ccc(-c2cccc(C#N)c2)cc1. The summed E-state index contributed by atoms with van der Waals surface area (Å²) in [5.74, 6) is 0.376. The van der Waals surface area contributed by atoms with Gasteiger partial charge < -0.3 is 5.32 Å². The van der Waals surface area contributed by atoms with E-state index in [4.69, 9.17) is 5.26 Å². The zero-order chi connectivity index (χ0) is 20.4. The van der Waals surface area contributed by atoms with Crippen molar-refractivity contribution in [3.8, 4) is 17.2 Å². The van der Waals surface area contributed by atoms with Gasteiger partial charge in [-0.2, -0.15) is 5.26 Å². The number of benzene rings is 2. The predicted molar refractivity (Wildman–Crippen MR) is 112 cm³/mol. The van der Waals surface area contributed by atoms with Gasteiger partial charge >= 0.3 is 0 Å². The molecule has 29 heavy (non-hydrogen) atoms. The molecule has 0 saturated heterocycles. The fourth-order valence-electron chi connectivity index (χ4n) is 3.26. The van der Waals surface area contributed by atoms with Gasteiger partial charge in [0.25, 0.3) is 11.5 Å². The van der Waals surface area contributed by atoms with E-state index < -0.39 is 5.91 Å². The topological polar surface area (TPSA) is 87.8 Å². The molecular weight excluding hydrogens is 384 g/mol. The van der Waals surface area contributed by atoms with Crippen molar-refractivity contribution in [3.05, 3.63) is 81.8 Å². The van der Waals surface area contributed by atoms with Crippen LogP contribution >= 0.6 is 11.8 Å². The summed E-state index contributed by atoms with van der Waals surface area (Å²) in [6.45, 7) is 2.45. The second kappa shape index (κ2) is 7.94. The maximum Gasteiger partial charge on any atom is 0.267 e. The van der Waals surface area contributed by atoms with Crippen molar-refractivity contribution in [1.29, 1.82) is 5.26 Å². The van der Waals surface area contributed by atoms with Crippen LogP contribution in [-0.2, 0) is 6.54 Å². The Morgan fingerprint density at radius 3 is 2.79 bits per heavy atom. The first-order valence-corrected chi connectivity index (χ1v) is 10.2. The summed E-state index contributed by atoms with van der Waals surface area (Å²) in [7, 11) is 0. The molecule has 1 N–H and O–H groups in total. The highest BCUT2D eigenvalue weighted by atomic mass is 32.2. The summed E-state index contributed by atoms with van der Waals surface area (Å²) in [6, 6.07) is 17.1. The van der Waals surface area contributed by atoms with E-state index in [0.29, 0.717) is 17.3 Å². The maximum atomic E-state index is 12.6. The fourth-order valence-corrected chi connectivity index (χ4v) is 4.18. The molecule has 4 rings (SSSR count). The highest BCUT2D eigenvalue weighted by Crippen LogP contribution is 2.23. The molecule has 0 spiro atoms. The van der Waals surface area contributed by atoms with Crippen LogP contribution in [-0.4, -0.2) is 21.2 Å². The number of nitriles is 1. The zero-order valence-corrected chi connectivity index (χ0v) is 16.6. The molecule has 1 atom stereocenters. The van der Waals surface area contributed by atoms with Crippen LogP contribution in [0.15, 0.2) is 64.7 Å². The first-order chi connectivity index (χ1) is 14.1. The van der Waals surface area contributed by atoms with Gasteiger partial charge in [0.2, 0.25) is 0 Å². The molecule has 0 radical (unpaired) electrons. The number of carbonyl (C=O) groups excluding carboxylic acids is 1. The highest BCUT2D eigenvalue weighted by molar-refractivity contribution is 7.99. The smallest absolute Gasteiger partial charge is 0.267 e. The van der Waals surface area contributed by atoms with Gasteiger partial charge in [-0.05, 0) is 35.7 Å². The number of hydrogen-bond acceptors (Lipinski definition) is 5. The Morgan fingerprint density at radius 1 is 1.24 bits per heavy atom. The summed E-state index contributed by atoms with van der Waals surface area (Å²) < 4.78 is 1.55. The number of hydrogen-bond donors (Lipinski definition) is 1. The average molecular weight is 402 g/mol. The molecule has 0 saturated carbocycles. The normalized spacial score (nSPS) is 13.4. The number of fused-ring (bicyclic) bond motifs is 1. The molecule has 1 aliphatic rings. The Bertz CT molecular complexity index is 1180. The fraction of sp³-hybridized carbons (Fsp3) is 0.182. The van der Waals surface area contributed by atoms with Gasteiger partial charge in [0.05, 0.1) is 17.7 Å². The second-order valence-corrected chi connectivity index (χ2v) is 7.83. The number of nitrogens with zero attached hydrogens (tertiary/aromatic N) is 3. The lowest BCUT2D eigenvalue weighted by atomic mass is 10.00. The van der Waals surface area contributed by atoms with Crippen LogP contribution in [0, 0.1) is 11.3 Å². The Balaban J connectivity index is 1.50. The number of aromatic nitrogens is 2. The quantitative estimate of drug-likeness (QED) is 0.676. The second-order valence-electron chi connectivity index (χ2n) is 6.77. The predicted octanol–water partition coefficient (Wildman–Crippen LogP) is 3.38. The third kappa shape index (κ3) is 3.80. The van der Waals surface area contributed by atoms with Crippen LogP contribution in [0.25, 0.3) is 11.1 Å². The van der Waals surface area contributed by atoms with E-state index in [0.717, 1.165) is 22.4 Å². The number of rotatable bonds is 4. The highest BCUT2D eigenvalue weighted by Gasteiger charge is 2.21. The molecule has 1 aromatic heterocycles. The lowest BCUT2D eigenvalue weighted by Crippen LogP contribution is -2.34. The van der Waals surface area contributed by atoms with Crippen LogP contribution in [0.4, 0.5) is 0 Å². The molecule has 3 aromatic rings. The van der Waals surface area contributed by atoms with Gasteiger partial charge in [0.1, 0.15) is 5.56 Å². The summed E-state index contributed by atoms with van der Waals surface area (Å²) in [5.41, 5.74) is 3.25. The Morgan fingerprint density at radius 2 is 2.03 bits per heavy atom. The average Bonchev–Trinajstić information content (AvgIpc) is 3.24. The Labute approximate surface area is 172 Å². The van der Waals surface area contributed by atoms with Crippen molar-refractivity contribution >= 4 is 17.7 Å². The van der Waals surface area contributed by atoms with E-state index in [2.05, 4.69) is 16.4 Å². The number of carbonyl (C=O) groups is 1. The van der Waals surface area contributed by atoms with Gasteiger partial charge in [-0.3, -0.25) is 14.2 Å². The minimum atomic E-state index is -0.423. The zero-order valence-electron chi connectivity index (χ0n) is 15.8. The van der Waals surface area contributed by atoms with E-state index in [-0.39, 0.29) is 17.2 Å². The number of amides is 1. The first kappa shape index (κ1) is 19.0. The molecule has 0 fully saturated rings. The van der Waals surface area contributed by atoms with Gasteiger partial charge in [-0.1, -0.05) is 48.2 Å². The van der Waals surface area contributed by atoms with Crippen molar-refractivity contribution in [2.24, 2.45) is 0 Å². The van der Waals surface area contributed by atoms with Crippen molar-refractivity contribution in [3.63, 3.8) is 0 Å². The summed E-state index contributed by atoms with van der Waals surface area (Å²) in [4.78, 5) is 29.3. The van der Waals surface area contributed by atoms with Gasteiger partial charge in [0, 0.05) is 18.5 Å². The van der Waals surface area contributed by atoms with Crippen molar-refractivity contribution in [1.82, 2.24) is 14.9 Å². The molecule has 1 unspecified atom stereocenters. The molecule has 7 heteroatoms. The molecular formula is C22H18N4O2S. The largest absolute Gasteiger partial charge is 0.345 e. The molecule has 0 bridgehead atoms.